The highest BCUT2D eigenvalue weighted by Crippen LogP contribution is 2.22. The number of rotatable bonds is 3. The van der Waals surface area contributed by atoms with Crippen LogP contribution in [0.2, 0.25) is 0 Å². The van der Waals surface area contributed by atoms with Crippen LogP contribution in [0.3, 0.4) is 0 Å². The van der Waals surface area contributed by atoms with Crippen molar-refractivity contribution in [3.8, 4) is 5.69 Å². The number of nitrogens with zero attached hydrogens (tertiary/aromatic N) is 3. The number of aryl methyl sites for hydroxylation is 1. The molecule has 6 heteroatoms. The Balaban J connectivity index is 1.96. The molecule has 0 aliphatic rings. The summed E-state index contributed by atoms with van der Waals surface area (Å²) in [5, 5.41) is 4.31. The standard InChI is InChI=1S/C19H17F2N3O/c1-12-6-4-5-7-18(12)24-13(2)15(11-22-24)19(25)23(3)14-8-9-16(20)17(21)10-14/h4-11H,1-3H3. The molecule has 4 nitrogen and oxygen atoms in total. The van der Waals surface area contributed by atoms with Gasteiger partial charge in [0.1, 0.15) is 0 Å². The second-order valence-corrected chi connectivity index (χ2v) is 5.80. The number of halogens is 2. The van der Waals surface area contributed by atoms with Gasteiger partial charge < -0.3 is 4.90 Å². The van der Waals surface area contributed by atoms with Gasteiger partial charge >= 0.3 is 0 Å². The average molecular weight is 341 g/mol. The summed E-state index contributed by atoms with van der Waals surface area (Å²) >= 11 is 0. The zero-order valence-corrected chi connectivity index (χ0v) is 14.1. The van der Waals surface area contributed by atoms with Crippen molar-refractivity contribution in [1.29, 1.82) is 0 Å². The van der Waals surface area contributed by atoms with E-state index in [1.165, 1.54) is 24.2 Å². The summed E-state index contributed by atoms with van der Waals surface area (Å²) < 4.78 is 28.2. The summed E-state index contributed by atoms with van der Waals surface area (Å²) in [7, 11) is 1.51. The van der Waals surface area contributed by atoms with Crippen LogP contribution in [-0.4, -0.2) is 22.7 Å². The van der Waals surface area contributed by atoms with Crippen LogP contribution in [0.4, 0.5) is 14.5 Å². The summed E-state index contributed by atoms with van der Waals surface area (Å²) in [5.74, 6) is -2.29. The fourth-order valence-electron chi connectivity index (χ4n) is 2.66. The number of carbonyl (C=O) groups is 1. The lowest BCUT2D eigenvalue weighted by atomic mass is 10.2. The summed E-state index contributed by atoms with van der Waals surface area (Å²) in [4.78, 5) is 14.0. The number of hydrogen-bond donors (Lipinski definition) is 0. The van der Waals surface area contributed by atoms with Gasteiger partial charge in [0.05, 0.1) is 23.1 Å². The number of amides is 1. The Bertz CT molecular complexity index is 950. The van der Waals surface area contributed by atoms with Gasteiger partial charge in [0.2, 0.25) is 0 Å². The lowest BCUT2D eigenvalue weighted by Gasteiger charge is -2.17. The predicted octanol–water partition coefficient (Wildman–Crippen LogP) is 4.04. The number of hydrogen-bond acceptors (Lipinski definition) is 2. The molecule has 0 spiro atoms. The number of benzene rings is 2. The summed E-state index contributed by atoms with van der Waals surface area (Å²) in [6.07, 6.45) is 1.49. The first-order chi connectivity index (χ1) is 11.9. The molecule has 0 saturated heterocycles. The molecule has 2 aromatic carbocycles. The van der Waals surface area contributed by atoms with Gasteiger partial charge in [-0.3, -0.25) is 4.79 Å². The highest BCUT2D eigenvalue weighted by atomic mass is 19.2. The minimum Gasteiger partial charge on any atom is -0.311 e. The molecule has 0 unspecified atom stereocenters. The molecule has 0 N–H and O–H groups in total. The molecular formula is C19H17F2N3O. The molecular weight excluding hydrogens is 324 g/mol. The second kappa shape index (κ2) is 6.47. The van der Waals surface area contributed by atoms with Crippen molar-refractivity contribution in [2.45, 2.75) is 13.8 Å². The number of para-hydroxylation sites is 1. The fraction of sp³-hybridized carbons (Fsp3) is 0.158. The quantitative estimate of drug-likeness (QED) is 0.721. The van der Waals surface area contributed by atoms with Crippen molar-refractivity contribution in [3.05, 3.63) is 77.1 Å². The third-order valence-electron chi connectivity index (χ3n) is 4.18. The van der Waals surface area contributed by atoms with Gasteiger partial charge in [-0.1, -0.05) is 18.2 Å². The Kier molecular flexibility index (Phi) is 4.35. The monoisotopic (exact) mass is 341 g/mol. The first-order valence-electron chi connectivity index (χ1n) is 7.74. The van der Waals surface area contributed by atoms with E-state index in [0.29, 0.717) is 11.3 Å². The van der Waals surface area contributed by atoms with E-state index in [1.54, 1.807) is 11.6 Å². The minimum atomic E-state index is -0.996. The highest BCUT2D eigenvalue weighted by molar-refractivity contribution is 6.06. The number of anilines is 1. The van der Waals surface area contributed by atoms with E-state index in [0.717, 1.165) is 23.4 Å². The Morgan fingerprint density at radius 2 is 1.80 bits per heavy atom. The maximum absolute atomic E-state index is 13.4. The van der Waals surface area contributed by atoms with Crippen LogP contribution >= 0.6 is 0 Å². The lowest BCUT2D eigenvalue weighted by molar-refractivity contribution is 0.0992. The zero-order chi connectivity index (χ0) is 18.1. The van der Waals surface area contributed by atoms with Crippen LogP contribution in [0.25, 0.3) is 5.69 Å². The van der Waals surface area contributed by atoms with E-state index in [2.05, 4.69) is 5.10 Å². The van der Waals surface area contributed by atoms with Crippen molar-refractivity contribution in [2.24, 2.45) is 0 Å². The van der Waals surface area contributed by atoms with Gasteiger partial charge in [-0.25, -0.2) is 13.5 Å². The van der Waals surface area contributed by atoms with E-state index in [1.807, 2.05) is 31.2 Å². The fourth-order valence-corrected chi connectivity index (χ4v) is 2.66. The zero-order valence-electron chi connectivity index (χ0n) is 14.1. The van der Waals surface area contributed by atoms with Gasteiger partial charge in [-0.15, -0.1) is 0 Å². The van der Waals surface area contributed by atoms with Gasteiger partial charge in [-0.2, -0.15) is 5.10 Å². The molecule has 3 aromatic rings. The molecule has 0 atom stereocenters. The molecule has 0 saturated carbocycles. The lowest BCUT2D eigenvalue weighted by Crippen LogP contribution is -2.26. The molecule has 1 amide bonds. The molecule has 128 valence electrons. The maximum Gasteiger partial charge on any atom is 0.261 e. The van der Waals surface area contributed by atoms with E-state index >= 15 is 0 Å². The van der Waals surface area contributed by atoms with E-state index in [4.69, 9.17) is 0 Å². The van der Waals surface area contributed by atoms with Gasteiger partial charge in [-0.05, 0) is 37.6 Å². The molecule has 0 aliphatic heterocycles. The van der Waals surface area contributed by atoms with E-state index in [9.17, 15) is 13.6 Å². The van der Waals surface area contributed by atoms with Gasteiger partial charge in [0.15, 0.2) is 11.6 Å². The van der Waals surface area contributed by atoms with Crippen molar-refractivity contribution >= 4 is 11.6 Å². The van der Waals surface area contributed by atoms with Crippen LogP contribution in [0.1, 0.15) is 21.6 Å². The van der Waals surface area contributed by atoms with Gasteiger partial charge in [0, 0.05) is 18.8 Å². The molecule has 3 rings (SSSR count). The summed E-state index contributed by atoms with van der Waals surface area (Å²) in [6.45, 7) is 3.76. The Morgan fingerprint density at radius 1 is 1.08 bits per heavy atom. The summed E-state index contributed by atoms with van der Waals surface area (Å²) in [5.41, 5.74) is 3.26. The molecule has 0 aliphatic carbocycles. The topological polar surface area (TPSA) is 38.1 Å². The van der Waals surface area contributed by atoms with Crippen LogP contribution in [-0.2, 0) is 0 Å². The molecule has 1 heterocycles. The van der Waals surface area contributed by atoms with Crippen molar-refractivity contribution in [3.63, 3.8) is 0 Å². The maximum atomic E-state index is 13.4. The Hall–Kier alpha value is -3.02. The third-order valence-corrected chi connectivity index (χ3v) is 4.18. The predicted molar refractivity (Wildman–Crippen MR) is 92.1 cm³/mol. The second-order valence-electron chi connectivity index (χ2n) is 5.80. The number of carbonyl (C=O) groups excluding carboxylic acids is 1. The smallest absolute Gasteiger partial charge is 0.261 e. The van der Waals surface area contributed by atoms with Crippen LogP contribution in [0.15, 0.2) is 48.7 Å². The largest absolute Gasteiger partial charge is 0.311 e. The average Bonchev–Trinajstić information content (AvgIpc) is 2.98. The SMILES string of the molecule is Cc1ccccc1-n1ncc(C(=O)N(C)c2ccc(F)c(F)c2)c1C. The normalized spacial score (nSPS) is 10.8. The number of aromatic nitrogens is 2. The first-order valence-corrected chi connectivity index (χ1v) is 7.74. The molecule has 0 fully saturated rings. The van der Waals surface area contributed by atoms with E-state index < -0.39 is 11.6 Å². The van der Waals surface area contributed by atoms with Gasteiger partial charge in [0.25, 0.3) is 5.91 Å². The van der Waals surface area contributed by atoms with E-state index in [-0.39, 0.29) is 11.6 Å². The van der Waals surface area contributed by atoms with Crippen LogP contribution in [0, 0.1) is 25.5 Å². The van der Waals surface area contributed by atoms with Crippen molar-refractivity contribution < 1.29 is 13.6 Å². The molecule has 0 radical (unpaired) electrons. The summed E-state index contributed by atoms with van der Waals surface area (Å²) in [6, 6.07) is 11.1. The van der Waals surface area contributed by atoms with Crippen molar-refractivity contribution in [2.75, 3.05) is 11.9 Å². The third kappa shape index (κ3) is 3.03. The first kappa shape index (κ1) is 16.8. The highest BCUT2D eigenvalue weighted by Gasteiger charge is 2.21. The Morgan fingerprint density at radius 3 is 2.48 bits per heavy atom. The van der Waals surface area contributed by atoms with Crippen molar-refractivity contribution in [1.82, 2.24) is 9.78 Å². The minimum absolute atomic E-state index is 0.270. The van der Waals surface area contributed by atoms with Crippen LogP contribution in [0.5, 0.6) is 0 Å². The molecule has 1 aromatic heterocycles. The molecule has 25 heavy (non-hydrogen) atoms. The van der Waals surface area contributed by atoms with Crippen LogP contribution < -0.4 is 4.90 Å². The Labute approximate surface area is 144 Å². The molecule has 0 bridgehead atoms.